The summed E-state index contributed by atoms with van der Waals surface area (Å²) < 4.78 is 0. The van der Waals surface area contributed by atoms with E-state index in [1.54, 1.807) is 0 Å². The highest BCUT2D eigenvalue weighted by Gasteiger charge is 2.43. The molecule has 0 aromatic carbocycles. The van der Waals surface area contributed by atoms with Gasteiger partial charge in [0, 0.05) is 31.6 Å². The zero-order chi connectivity index (χ0) is 12.0. The van der Waals surface area contributed by atoms with Crippen LogP contribution in [0, 0.1) is 5.92 Å². The second-order valence-corrected chi connectivity index (χ2v) is 5.64. The first-order valence-electron chi connectivity index (χ1n) is 6.65. The highest BCUT2D eigenvalue weighted by molar-refractivity contribution is 5.86. The molecular formula is C13H21N3O. The summed E-state index contributed by atoms with van der Waals surface area (Å²) >= 11 is 0. The van der Waals surface area contributed by atoms with Crippen LogP contribution in [0.15, 0.2) is 16.4 Å². The van der Waals surface area contributed by atoms with E-state index in [4.69, 9.17) is 0 Å². The number of nitrogens with zero attached hydrogens (tertiary/aromatic N) is 2. The van der Waals surface area contributed by atoms with Crippen molar-refractivity contribution in [3.63, 3.8) is 0 Å². The first kappa shape index (κ1) is 11.1. The van der Waals surface area contributed by atoms with Crippen molar-refractivity contribution < 1.29 is 5.11 Å². The molecule has 0 saturated carbocycles. The maximum atomic E-state index is 9.99. The third-order valence-electron chi connectivity index (χ3n) is 4.23. The Balaban J connectivity index is 1.80. The van der Waals surface area contributed by atoms with Crippen molar-refractivity contribution in [2.45, 2.75) is 45.2 Å². The van der Waals surface area contributed by atoms with Gasteiger partial charge in [-0.25, -0.2) is 4.99 Å². The van der Waals surface area contributed by atoms with Gasteiger partial charge in [0.15, 0.2) is 0 Å². The van der Waals surface area contributed by atoms with Gasteiger partial charge >= 0.3 is 0 Å². The van der Waals surface area contributed by atoms with E-state index in [0.717, 1.165) is 37.3 Å². The third kappa shape index (κ3) is 1.75. The van der Waals surface area contributed by atoms with Crippen LogP contribution in [0.1, 0.15) is 33.1 Å². The molecular weight excluding hydrogens is 214 g/mol. The Hall–Kier alpha value is -1.03. The monoisotopic (exact) mass is 235 g/mol. The lowest BCUT2D eigenvalue weighted by atomic mass is 9.87. The van der Waals surface area contributed by atoms with Crippen LogP contribution in [-0.2, 0) is 0 Å². The van der Waals surface area contributed by atoms with E-state index in [2.05, 4.69) is 29.1 Å². The molecule has 0 spiro atoms. The summed E-state index contributed by atoms with van der Waals surface area (Å²) in [5, 5.41) is 13.4. The number of aliphatic imine (C=N–C) groups is 1. The Morgan fingerprint density at radius 2 is 2.00 bits per heavy atom. The van der Waals surface area contributed by atoms with Crippen molar-refractivity contribution in [1.29, 1.82) is 0 Å². The quantitative estimate of drug-likeness (QED) is 0.726. The van der Waals surface area contributed by atoms with Gasteiger partial charge in [-0.15, -0.1) is 0 Å². The van der Waals surface area contributed by atoms with Gasteiger partial charge in [-0.2, -0.15) is 0 Å². The minimum Gasteiger partial charge on any atom is -0.493 e. The zero-order valence-corrected chi connectivity index (χ0v) is 10.6. The fourth-order valence-corrected chi connectivity index (χ4v) is 3.24. The predicted molar refractivity (Wildman–Crippen MR) is 68.1 cm³/mol. The summed E-state index contributed by atoms with van der Waals surface area (Å²) in [4.78, 5) is 6.86. The Morgan fingerprint density at radius 3 is 2.53 bits per heavy atom. The molecule has 3 rings (SSSR count). The van der Waals surface area contributed by atoms with E-state index in [0.29, 0.717) is 18.0 Å². The van der Waals surface area contributed by atoms with E-state index >= 15 is 0 Å². The number of amidine groups is 1. The van der Waals surface area contributed by atoms with E-state index < -0.39 is 0 Å². The van der Waals surface area contributed by atoms with Crippen LogP contribution in [-0.4, -0.2) is 41.0 Å². The number of nitrogens with one attached hydrogen (secondary N) is 1. The van der Waals surface area contributed by atoms with Gasteiger partial charge < -0.3 is 15.3 Å². The molecule has 17 heavy (non-hydrogen) atoms. The number of hydrogen-bond donors (Lipinski definition) is 2. The summed E-state index contributed by atoms with van der Waals surface area (Å²) in [5.74, 6) is 1.78. The highest BCUT2D eigenvalue weighted by atomic mass is 16.3. The van der Waals surface area contributed by atoms with Gasteiger partial charge in [0.2, 0.25) is 5.88 Å². The Kier molecular flexibility index (Phi) is 2.62. The van der Waals surface area contributed by atoms with Crippen LogP contribution < -0.4 is 5.32 Å². The molecule has 2 unspecified atom stereocenters. The lowest BCUT2D eigenvalue weighted by molar-refractivity contribution is 0.0538. The third-order valence-corrected chi connectivity index (χ3v) is 4.23. The number of allylic oxidation sites excluding steroid dienone is 1. The average molecular weight is 235 g/mol. The largest absolute Gasteiger partial charge is 0.493 e. The molecule has 0 aromatic heterocycles. The lowest BCUT2D eigenvalue weighted by Crippen LogP contribution is -2.69. The molecule has 3 aliphatic rings. The summed E-state index contributed by atoms with van der Waals surface area (Å²) in [6.07, 6.45) is 3.24. The fourth-order valence-electron chi connectivity index (χ4n) is 3.24. The van der Waals surface area contributed by atoms with Gasteiger partial charge in [-0.1, -0.05) is 13.8 Å². The minimum absolute atomic E-state index is 0.277. The normalized spacial score (nSPS) is 32.6. The molecule has 3 heterocycles. The molecule has 0 aromatic rings. The summed E-state index contributed by atoms with van der Waals surface area (Å²) in [6.45, 7) is 6.37. The zero-order valence-electron chi connectivity index (χ0n) is 10.6. The first-order valence-corrected chi connectivity index (χ1v) is 6.65. The van der Waals surface area contributed by atoms with E-state index in [1.807, 2.05) is 0 Å². The van der Waals surface area contributed by atoms with Crippen molar-refractivity contribution in [2.75, 3.05) is 13.1 Å². The summed E-state index contributed by atoms with van der Waals surface area (Å²) in [7, 11) is 0. The number of hydrogen-bond acceptors (Lipinski definition) is 4. The summed E-state index contributed by atoms with van der Waals surface area (Å²) in [6, 6.07) is 1.22. The molecule has 0 aliphatic carbocycles. The Labute approximate surface area is 102 Å². The van der Waals surface area contributed by atoms with Gasteiger partial charge in [0.05, 0.1) is 0 Å². The SMILES string of the molecule is CC(C)C1=C(O)N=C(N2C3CNCC2C3)CC1. The average Bonchev–Trinajstić information content (AvgIpc) is 2.29. The van der Waals surface area contributed by atoms with Gasteiger partial charge in [-0.05, 0) is 24.3 Å². The maximum absolute atomic E-state index is 9.99. The number of aliphatic hydroxyl groups is 1. The fraction of sp³-hybridized carbons (Fsp3) is 0.769. The highest BCUT2D eigenvalue weighted by Crippen LogP contribution is 2.33. The summed E-state index contributed by atoms with van der Waals surface area (Å²) in [5.41, 5.74) is 1.11. The standard InChI is InChI=1S/C13H21N3O/c1-8(2)11-3-4-12(15-13(11)17)16-9-5-10(16)7-14-6-9/h8-10,14,17H,3-7H2,1-2H3. The second kappa shape index (κ2) is 4.02. The van der Waals surface area contributed by atoms with Gasteiger partial charge in [-0.3, -0.25) is 0 Å². The van der Waals surface area contributed by atoms with Crippen LogP contribution in [0.3, 0.4) is 0 Å². The molecule has 4 heteroatoms. The molecule has 2 bridgehead atoms. The first-order chi connectivity index (χ1) is 8.16. The molecule has 4 nitrogen and oxygen atoms in total. The van der Waals surface area contributed by atoms with Crippen LogP contribution >= 0.6 is 0 Å². The lowest BCUT2D eigenvalue weighted by Gasteiger charge is -2.55. The van der Waals surface area contributed by atoms with Crippen molar-refractivity contribution >= 4 is 5.84 Å². The number of piperazine rings is 1. The number of piperidine rings is 1. The smallest absolute Gasteiger partial charge is 0.211 e. The maximum Gasteiger partial charge on any atom is 0.211 e. The number of rotatable bonds is 1. The molecule has 3 aliphatic heterocycles. The van der Waals surface area contributed by atoms with Gasteiger partial charge in [0.1, 0.15) is 5.84 Å². The molecule has 94 valence electrons. The molecule has 2 fully saturated rings. The number of aliphatic hydroxyl groups excluding tert-OH is 1. The van der Waals surface area contributed by atoms with Crippen LogP contribution in [0.25, 0.3) is 0 Å². The van der Waals surface area contributed by atoms with E-state index in [9.17, 15) is 5.11 Å². The molecule has 0 amide bonds. The van der Waals surface area contributed by atoms with Crippen LogP contribution in [0.4, 0.5) is 0 Å². The van der Waals surface area contributed by atoms with Crippen LogP contribution in [0.5, 0.6) is 0 Å². The molecule has 2 atom stereocenters. The van der Waals surface area contributed by atoms with Crippen LogP contribution in [0.2, 0.25) is 0 Å². The van der Waals surface area contributed by atoms with E-state index in [-0.39, 0.29) is 5.88 Å². The Morgan fingerprint density at radius 1 is 1.29 bits per heavy atom. The van der Waals surface area contributed by atoms with Crippen molar-refractivity contribution in [3.05, 3.63) is 11.5 Å². The second-order valence-electron chi connectivity index (χ2n) is 5.64. The number of fused-ring (bicyclic) bond motifs is 2. The Bertz CT molecular complexity index is 372. The predicted octanol–water partition coefficient (Wildman–Crippen LogP) is 1.65. The minimum atomic E-state index is 0.277. The molecule has 0 radical (unpaired) electrons. The molecule has 2 N–H and O–H groups in total. The van der Waals surface area contributed by atoms with Crippen molar-refractivity contribution in [1.82, 2.24) is 10.2 Å². The van der Waals surface area contributed by atoms with E-state index in [1.165, 1.54) is 6.42 Å². The van der Waals surface area contributed by atoms with Gasteiger partial charge in [0.25, 0.3) is 0 Å². The van der Waals surface area contributed by atoms with Crippen molar-refractivity contribution in [3.8, 4) is 0 Å². The molecule has 2 saturated heterocycles. The van der Waals surface area contributed by atoms with Crippen molar-refractivity contribution in [2.24, 2.45) is 10.9 Å². The topological polar surface area (TPSA) is 47.9 Å².